The fourth-order valence-corrected chi connectivity index (χ4v) is 2.07. The molecule has 1 amide bonds. The molecule has 0 bridgehead atoms. The van der Waals surface area contributed by atoms with Gasteiger partial charge in [-0.25, -0.2) is 5.48 Å². The zero-order valence-corrected chi connectivity index (χ0v) is 11.5. The van der Waals surface area contributed by atoms with Crippen LogP contribution in [0.1, 0.15) is 25.7 Å². The van der Waals surface area contributed by atoms with Crippen molar-refractivity contribution in [3.8, 4) is 5.75 Å². The largest absolute Gasteiger partial charge is 0.491 e. The number of hydrogen-bond acceptors (Lipinski definition) is 4. The second-order valence-corrected chi connectivity index (χ2v) is 4.73. The molecule has 1 saturated heterocycles. The molecule has 0 spiro atoms. The molecule has 0 radical (unpaired) electrons. The molecule has 110 valence electrons. The molecule has 0 aliphatic carbocycles. The summed E-state index contributed by atoms with van der Waals surface area (Å²) in [6.45, 7) is 1.46. The van der Waals surface area contributed by atoms with Crippen LogP contribution in [-0.4, -0.2) is 31.8 Å². The smallest absolute Gasteiger partial charge is 0.246 e. The fraction of sp³-hybridized carbons (Fsp3) is 0.533. The van der Waals surface area contributed by atoms with E-state index in [1.54, 1.807) is 0 Å². The number of benzene rings is 1. The van der Waals surface area contributed by atoms with Gasteiger partial charge in [0.25, 0.3) is 0 Å². The van der Waals surface area contributed by atoms with Crippen LogP contribution in [0.3, 0.4) is 0 Å². The van der Waals surface area contributed by atoms with Gasteiger partial charge in [0.05, 0.1) is 12.5 Å². The van der Waals surface area contributed by atoms with E-state index >= 15 is 0 Å². The first-order valence-electron chi connectivity index (χ1n) is 7.04. The van der Waals surface area contributed by atoms with Crippen molar-refractivity contribution in [2.24, 2.45) is 0 Å². The highest BCUT2D eigenvalue weighted by Crippen LogP contribution is 2.15. The van der Waals surface area contributed by atoms with E-state index in [1.807, 2.05) is 30.3 Å². The molecule has 0 saturated carbocycles. The summed E-state index contributed by atoms with van der Waals surface area (Å²) in [5.74, 6) is 0.648. The van der Waals surface area contributed by atoms with Crippen molar-refractivity contribution in [2.45, 2.75) is 31.8 Å². The highest BCUT2D eigenvalue weighted by atomic mass is 16.7. The number of amides is 1. The molecule has 1 N–H and O–H groups in total. The van der Waals surface area contributed by atoms with Crippen LogP contribution in [0, 0.1) is 0 Å². The van der Waals surface area contributed by atoms with E-state index < -0.39 is 0 Å². The summed E-state index contributed by atoms with van der Waals surface area (Å²) in [5, 5.41) is 0. The van der Waals surface area contributed by atoms with Crippen LogP contribution in [0.2, 0.25) is 0 Å². The quantitative estimate of drug-likeness (QED) is 0.613. The Hall–Kier alpha value is -1.59. The van der Waals surface area contributed by atoms with Crippen LogP contribution in [0.25, 0.3) is 0 Å². The second-order valence-electron chi connectivity index (χ2n) is 4.73. The maximum absolute atomic E-state index is 11.6. The van der Waals surface area contributed by atoms with E-state index in [1.165, 1.54) is 0 Å². The van der Waals surface area contributed by atoms with Gasteiger partial charge in [0.15, 0.2) is 0 Å². The van der Waals surface area contributed by atoms with Crippen molar-refractivity contribution in [3.63, 3.8) is 0 Å². The van der Waals surface area contributed by atoms with Crippen LogP contribution >= 0.6 is 0 Å². The molecule has 1 aromatic rings. The third-order valence-corrected chi connectivity index (χ3v) is 3.07. The summed E-state index contributed by atoms with van der Waals surface area (Å²) < 4.78 is 10.9. The summed E-state index contributed by atoms with van der Waals surface area (Å²) in [7, 11) is 0. The molecule has 0 aromatic heterocycles. The molecule has 1 aliphatic heterocycles. The van der Waals surface area contributed by atoms with Crippen molar-refractivity contribution in [3.05, 3.63) is 30.3 Å². The number of carbonyl (C=O) groups excluding carboxylic acids is 1. The Bertz CT molecular complexity index is 390. The second kappa shape index (κ2) is 8.55. The van der Waals surface area contributed by atoms with Crippen molar-refractivity contribution in [1.82, 2.24) is 5.48 Å². The summed E-state index contributed by atoms with van der Waals surface area (Å²) >= 11 is 0. The number of para-hydroxylation sites is 1. The summed E-state index contributed by atoms with van der Waals surface area (Å²) in [6.07, 6.45) is 3.56. The molecule has 1 aromatic carbocycles. The van der Waals surface area contributed by atoms with E-state index in [0.717, 1.165) is 31.6 Å². The van der Waals surface area contributed by atoms with Gasteiger partial charge in [-0.05, 0) is 31.4 Å². The molecule has 1 atom stereocenters. The molecule has 1 aliphatic rings. The minimum atomic E-state index is -0.142. The van der Waals surface area contributed by atoms with Crippen LogP contribution in [0.15, 0.2) is 30.3 Å². The topological polar surface area (TPSA) is 56.8 Å². The SMILES string of the molecule is O=C(CC1CCCCO1)NOCCOc1ccccc1. The van der Waals surface area contributed by atoms with Gasteiger partial charge in [-0.3, -0.25) is 9.63 Å². The number of rotatable bonds is 7. The van der Waals surface area contributed by atoms with Gasteiger partial charge >= 0.3 is 0 Å². The molecule has 1 heterocycles. The third kappa shape index (κ3) is 5.59. The standard InChI is InChI=1S/C15H21NO4/c17-15(12-14-8-4-5-9-18-14)16-20-11-10-19-13-6-2-1-3-7-13/h1-3,6-7,14H,4-5,8-12H2,(H,16,17). The number of carbonyl (C=O) groups is 1. The first kappa shape index (κ1) is 14.8. The Balaban J connectivity index is 1.51. The lowest BCUT2D eigenvalue weighted by molar-refractivity contribution is -0.137. The van der Waals surface area contributed by atoms with Crippen LogP contribution in [0.5, 0.6) is 5.75 Å². The summed E-state index contributed by atoms with van der Waals surface area (Å²) in [6, 6.07) is 9.49. The van der Waals surface area contributed by atoms with Crippen molar-refractivity contribution in [1.29, 1.82) is 0 Å². The van der Waals surface area contributed by atoms with Gasteiger partial charge in [-0.1, -0.05) is 18.2 Å². The average Bonchev–Trinajstić information content (AvgIpc) is 2.49. The predicted octanol–water partition coefficient (Wildman–Crippen LogP) is 2.07. The van der Waals surface area contributed by atoms with E-state index in [-0.39, 0.29) is 12.0 Å². The van der Waals surface area contributed by atoms with E-state index in [4.69, 9.17) is 14.3 Å². The Morgan fingerprint density at radius 1 is 1.25 bits per heavy atom. The highest BCUT2D eigenvalue weighted by Gasteiger charge is 2.17. The van der Waals surface area contributed by atoms with Gasteiger partial charge in [0.2, 0.25) is 5.91 Å². The van der Waals surface area contributed by atoms with Crippen molar-refractivity contribution >= 4 is 5.91 Å². The lowest BCUT2D eigenvalue weighted by Crippen LogP contribution is -2.31. The predicted molar refractivity (Wildman–Crippen MR) is 74.2 cm³/mol. The maximum Gasteiger partial charge on any atom is 0.246 e. The summed E-state index contributed by atoms with van der Waals surface area (Å²) in [5.41, 5.74) is 2.42. The molecular formula is C15H21NO4. The number of hydrogen-bond donors (Lipinski definition) is 1. The average molecular weight is 279 g/mol. The highest BCUT2D eigenvalue weighted by molar-refractivity contribution is 5.75. The first-order chi connectivity index (χ1) is 9.84. The summed E-state index contributed by atoms with van der Waals surface area (Å²) in [4.78, 5) is 16.7. The molecule has 2 rings (SSSR count). The first-order valence-corrected chi connectivity index (χ1v) is 7.04. The van der Waals surface area contributed by atoms with Crippen LogP contribution in [-0.2, 0) is 14.4 Å². The number of nitrogens with one attached hydrogen (secondary N) is 1. The maximum atomic E-state index is 11.6. The van der Waals surface area contributed by atoms with Gasteiger partial charge in [-0.2, -0.15) is 0 Å². The zero-order valence-electron chi connectivity index (χ0n) is 11.5. The Labute approximate surface area is 119 Å². The van der Waals surface area contributed by atoms with Crippen LogP contribution < -0.4 is 10.2 Å². The normalized spacial score (nSPS) is 18.5. The van der Waals surface area contributed by atoms with Gasteiger partial charge in [0.1, 0.15) is 19.0 Å². The van der Waals surface area contributed by atoms with Crippen molar-refractivity contribution in [2.75, 3.05) is 19.8 Å². The molecule has 5 nitrogen and oxygen atoms in total. The lowest BCUT2D eigenvalue weighted by atomic mass is 10.1. The third-order valence-electron chi connectivity index (χ3n) is 3.07. The number of hydroxylamine groups is 1. The monoisotopic (exact) mass is 279 g/mol. The number of ether oxygens (including phenoxy) is 2. The molecule has 1 fully saturated rings. The Kier molecular flexibility index (Phi) is 6.34. The molecular weight excluding hydrogens is 258 g/mol. The van der Waals surface area contributed by atoms with Crippen molar-refractivity contribution < 1.29 is 19.1 Å². The van der Waals surface area contributed by atoms with Gasteiger partial charge in [0, 0.05) is 6.61 Å². The van der Waals surface area contributed by atoms with E-state index in [0.29, 0.717) is 19.6 Å². The Morgan fingerprint density at radius 3 is 2.85 bits per heavy atom. The van der Waals surface area contributed by atoms with E-state index in [2.05, 4.69) is 5.48 Å². The van der Waals surface area contributed by atoms with Gasteiger partial charge < -0.3 is 9.47 Å². The molecule has 1 unspecified atom stereocenters. The lowest BCUT2D eigenvalue weighted by Gasteiger charge is -2.21. The minimum Gasteiger partial charge on any atom is -0.491 e. The molecule has 5 heteroatoms. The molecule has 20 heavy (non-hydrogen) atoms. The van der Waals surface area contributed by atoms with Crippen LogP contribution in [0.4, 0.5) is 0 Å². The minimum absolute atomic E-state index is 0.0351. The Morgan fingerprint density at radius 2 is 2.10 bits per heavy atom. The van der Waals surface area contributed by atoms with Gasteiger partial charge in [-0.15, -0.1) is 0 Å². The zero-order chi connectivity index (χ0) is 14.0. The van der Waals surface area contributed by atoms with E-state index in [9.17, 15) is 4.79 Å². The fourth-order valence-electron chi connectivity index (χ4n) is 2.07.